The first-order valence-electron chi connectivity index (χ1n) is 8.07. The van der Waals surface area contributed by atoms with Crippen molar-refractivity contribution in [3.05, 3.63) is 64.8 Å². The summed E-state index contributed by atoms with van der Waals surface area (Å²) >= 11 is 6.23. The average Bonchev–Trinajstić information content (AvgIpc) is 2.91. The molecule has 2 aromatic rings. The van der Waals surface area contributed by atoms with Crippen LogP contribution in [-0.4, -0.2) is 36.0 Å². The third-order valence-electron chi connectivity index (χ3n) is 3.81. The molecule has 7 nitrogen and oxygen atoms in total. The summed E-state index contributed by atoms with van der Waals surface area (Å²) in [6.07, 6.45) is 1.57. The number of hydrogen-bond donors (Lipinski definition) is 2. The van der Waals surface area contributed by atoms with Crippen LogP contribution in [0.2, 0.25) is 0 Å². The largest absolute Gasteiger partial charge is 0.325 e. The van der Waals surface area contributed by atoms with Crippen molar-refractivity contribution >= 4 is 61.9 Å². The van der Waals surface area contributed by atoms with E-state index in [1.165, 1.54) is 48.5 Å². The molecule has 0 unspecified atom stereocenters. The molecule has 0 spiro atoms. The highest BCUT2D eigenvalue weighted by Gasteiger charge is 2.33. The molecule has 1 aliphatic heterocycles. The number of amides is 2. The fourth-order valence-corrected chi connectivity index (χ4v) is 4.19. The van der Waals surface area contributed by atoms with Crippen LogP contribution in [0.15, 0.2) is 58.3 Å². The van der Waals surface area contributed by atoms with Crippen LogP contribution in [0.4, 0.5) is 10.1 Å². The number of nitrogens with zero attached hydrogens (tertiary/aromatic N) is 1. The van der Waals surface area contributed by atoms with Gasteiger partial charge in [0.2, 0.25) is 15.9 Å². The second-order valence-electron chi connectivity index (χ2n) is 5.94. The molecule has 0 bridgehead atoms. The van der Waals surface area contributed by atoms with Crippen LogP contribution in [0.1, 0.15) is 5.56 Å². The molecule has 3 N–H and O–H groups in total. The van der Waals surface area contributed by atoms with E-state index in [-0.39, 0.29) is 21.6 Å². The average molecular weight is 452 g/mol. The fourth-order valence-electron chi connectivity index (χ4n) is 2.42. The third kappa shape index (κ3) is 5.26. The number of anilines is 1. The highest BCUT2D eigenvalue weighted by Crippen LogP contribution is 2.32. The van der Waals surface area contributed by atoms with E-state index in [0.717, 1.165) is 16.7 Å². The Morgan fingerprint density at radius 3 is 2.38 bits per heavy atom. The monoisotopic (exact) mass is 451 g/mol. The van der Waals surface area contributed by atoms with Crippen LogP contribution in [0.5, 0.6) is 0 Å². The Morgan fingerprint density at radius 2 is 1.79 bits per heavy atom. The normalized spacial score (nSPS) is 15.8. The molecular weight excluding hydrogens is 437 g/mol. The molecule has 0 saturated carbocycles. The third-order valence-corrected chi connectivity index (χ3v) is 6.12. The molecule has 2 amide bonds. The van der Waals surface area contributed by atoms with Gasteiger partial charge < -0.3 is 5.32 Å². The second kappa shape index (κ2) is 8.41. The Balaban J connectivity index is 1.66. The predicted molar refractivity (Wildman–Crippen MR) is 113 cm³/mol. The molecule has 0 atom stereocenters. The number of nitrogens with two attached hydrogens (primary N) is 1. The van der Waals surface area contributed by atoms with E-state index < -0.39 is 21.8 Å². The van der Waals surface area contributed by atoms with E-state index in [0.29, 0.717) is 16.2 Å². The second-order valence-corrected chi connectivity index (χ2v) is 9.17. The van der Waals surface area contributed by atoms with Crippen molar-refractivity contribution < 1.29 is 22.4 Å². The Morgan fingerprint density at radius 1 is 1.17 bits per heavy atom. The Labute approximate surface area is 175 Å². The zero-order valence-electron chi connectivity index (χ0n) is 14.7. The number of halogens is 1. The number of primary sulfonamides is 1. The van der Waals surface area contributed by atoms with Gasteiger partial charge in [-0.25, -0.2) is 17.9 Å². The minimum atomic E-state index is -3.83. The minimum Gasteiger partial charge on any atom is -0.325 e. The molecule has 0 radical (unpaired) electrons. The van der Waals surface area contributed by atoms with Gasteiger partial charge in [-0.15, -0.1) is 0 Å². The molecular formula is C18H14FN3O4S3. The van der Waals surface area contributed by atoms with E-state index >= 15 is 0 Å². The molecule has 150 valence electrons. The summed E-state index contributed by atoms with van der Waals surface area (Å²) in [6, 6.07) is 10.9. The number of nitrogens with one attached hydrogen (secondary N) is 1. The van der Waals surface area contributed by atoms with E-state index in [2.05, 4.69) is 5.32 Å². The number of carbonyl (C=O) groups excluding carboxylic acids is 2. The van der Waals surface area contributed by atoms with Crippen LogP contribution in [0, 0.1) is 5.82 Å². The highest BCUT2D eigenvalue weighted by molar-refractivity contribution is 8.26. The number of carbonyl (C=O) groups is 2. The molecule has 1 heterocycles. The van der Waals surface area contributed by atoms with Crippen LogP contribution in [-0.2, 0) is 19.6 Å². The molecule has 0 aromatic heterocycles. The SMILES string of the molecule is NS(=O)(=O)c1ccc(NC(=O)CN2C(=O)/C(=C/c3ccc(F)cc3)SC2=S)cc1. The van der Waals surface area contributed by atoms with Crippen molar-refractivity contribution in [2.24, 2.45) is 5.14 Å². The van der Waals surface area contributed by atoms with Crippen LogP contribution in [0.3, 0.4) is 0 Å². The van der Waals surface area contributed by atoms with Gasteiger partial charge in [0.25, 0.3) is 5.91 Å². The number of rotatable bonds is 5. The van der Waals surface area contributed by atoms with Crippen molar-refractivity contribution in [1.29, 1.82) is 0 Å². The van der Waals surface area contributed by atoms with E-state index in [1.54, 1.807) is 6.08 Å². The van der Waals surface area contributed by atoms with Gasteiger partial charge in [-0.2, -0.15) is 0 Å². The van der Waals surface area contributed by atoms with Crippen molar-refractivity contribution in [3.63, 3.8) is 0 Å². The summed E-state index contributed by atoms with van der Waals surface area (Å²) in [5.41, 5.74) is 0.973. The number of thiocarbonyl (C=S) groups is 1. The van der Waals surface area contributed by atoms with Crippen LogP contribution < -0.4 is 10.5 Å². The fraction of sp³-hybridized carbons (Fsp3) is 0.0556. The predicted octanol–water partition coefficient (Wildman–Crippen LogP) is 2.31. The molecule has 11 heteroatoms. The molecule has 2 aromatic carbocycles. The highest BCUT2D eigenvalue weighted by atomic mass is 32.2. The lowest BCUT2D eigenvalue weighted by Gasteiger charge is -2.14. The van der Waals surface area contributed by atoms with Crippen LogP contribution >= 0.6 is 24.0 Å². The van der Waals surface area contributed by atoms with Gasteiger partial charge >= 0.3 is 0 Å². The van der Waals surface area contributed by atoms with E-state index in [4.69, 9.17) is 17.4 Å². The summed E-state index contributed by atoms with van der Waals surface area (Å²) in [5, 5.41) is 7.58. The maximum absolute atomic E-state index is 13.0. The Hall–Kier alpha value is -2.60. The van der Waals surface area contributed by atoms with Gasteiger partial charge in [0.05, 0.1) is 9.80 Å². The van der Waals surface area contributed by atoms with Gasteiger partial charge in [0.1, 0.15) is 16.7 Å². The van der Waals surface area contributed by atoms with Gasteiger partial charge in [-0.3, -0.25) is 14.5 Å². The minimum absolute atomic E-state index is 0.0848. The summed E-state index contributed by atoms with van der Waals surface area (Å²) < 4.78 is 35.7. The van der Waals surface area contributed by atoms with Crippen molar-refractivity contribution in [1.82, 2.24) is 4.90 Å². The Kier molecular flexibility index (Phi) is 6.13. The van der Waals surface area contributed by atoms with E-state index in [9.17, 15) is 22.4 Å². The molecule has 29 heavy (non-hydrogen) atoms. The number of sulfonamides is 1. The first-order chi connectivity index (χ1) is 13.6. The lowest BCUT2D eigenvalue weighted by atomic mass is 10.2. The Bertz CT molecular complexity index is 1110. The van der Waals surface area contributed by atoms with Gasteiger partial charge in [-0.1, -0.05) is 36.1 Å². The lowest BCUT2D eigenvalue weighted by molar-refractivity contribution is -0.126. The molecule has 1 aliphatic rings. The zero-order valence-corrected chi connectivity index (χ0v) is 17.1. The van der Waals surface area contributed by atoms with Crippen molar-refractivity contribution in [3.8, 4) is 0 Å². The molecule has 3 rings (SSSR count). The smallest absolute Gasteiger partial charge is 0.266 e. The molecule has 1 saturated heterocycles. The van der Waals surface area contributed by atoms with Gasteiger partial charge in [0.15, 0.2) is 0 Å². The molecule has 1 fully saturated rings. The number of benzene rings is 2. The quantitative estimate of drug-likeness (QED) is 0.533. The first kappa shape index (κ1) is 21.1. The maximum Gasteiger partial charge on any atom is 0.266 e. The first-order valence-corrected chi connectivity index (χ1v) is 10.8. The molecule has 0 aliphatic carbocycles. The van der Waals surface area contributed by atoms with E-state index in [1.807, 2.05) is 0 Å². The maximum atomic E-state index is 13.0. The lowest BCUT2D eigenvalue weighted by Crippen LogP contribution is -2.36. The summed E-state index contributed by atoms with van der Waals surface area (Å²) in [7, 11) is -3.83. The van der Waals surface area contributed by atoms with Crippen molar-refractivity contribution in [2.45, 2.75) is 4.90 Å². The summed E-state index contributed by atoms with van der Waals surface area (Å²) in [6.45, 7) is -0.303. The van der Waals surface area contributed by atoms with Crippen LogP contribution in [0.25, 0.3) is 6.08 Å². The summed E-state index contributed by atoms with van der Waals surface area (Å²) in [5.74, 6) is -1.32. The topological polar surface area (TPSA) is 110 Å². The van der Waals surface area contributed by atoms with Crippen molar-refractivity contribution in [2.75, 3.05) is 11.9 Å². The van der Waals surface area contributed by atoms with Gasteiger partial charge in [-0.05, 0) is 48.0 Å². The summed E-state index contributed by atoms with van der Waals surface area (Å²) in [4.78, 5) is 26.2. The number of thioether (sulfide) groups is 1. The number of hydrogen-bond acceptors (Lipinski definition) is 6. The van der Waals surface area contributed by atoms with Gasteiger partial charge in [0, 0.05) is 5.69 Å². The zero-order chi connectivity index (χ0) is 21.2. The standard InChI is InChI=1S/C18H14FN3O4S3/c19-12-3-1-11(2-4-12)9-15-17(24)22(18(27)28-15)10-16(23)21-13-5-7-14(8-6-13)29(20,25)26/h1-9H,10H2,(H,21,23)(H2,20,25,26)/b15-9-.